The van der Waals surface area contributed by atoms with E-state index in [1.54, 1.807) is 30.3 Å². The van der Waals surface area contributed by atoms with Gasteiger partial charge in [-0.05, 0) is 41.5 Å². The third-order valence-corrected chi connectivity index (χ3v) is 4.93. The molecule has 0 saturated heterocycles. The Hall–Kier alpha value is -3.96. The van der Waals surface area contributed by atoms with Crippen molar-refractivity contribution in [3.05, 3.63) is 77.9 Å². The van der Waals surface area contributed by atoms with Crippen LogP contribution in [0.1, 0.15) is 22.8 Å². The highest BCUT2D eigenvalue weighted by molar-refractivity contribution is 6.08. The van der Waals surface area contributed by atoms with E-state index in [2.05, 4.69) is 10.5 Å². The molecule has 0 aliphatic carbocycles. The van der Waals surface area contributed by atoms with Crippen molar-refractivity contribution < 1.29 is 40.3 Å². The van der Waals surface area contributed by atoms with Crippen LogP contribution in [0.5, 0.6) is 0 Å². The fraction of sp³-hybridized carbons (Fsp3) is 0.174. The van der Waals surface area contributed by atoms with Crippen molar-refractivity contribution in [3.8, 4) is 0 Å². The number of hydrazone groups is 1. The van der Waals surface area contributed by atoms with Gasteiger partial charge in [-0.15, -0.1) is 0 Å². The highest BCUT2D eigenvalue weighted by Crippen LogP contribution is 2.46. The average Bonchev–Trinajstić information content (AvgIpc) is 2.81. The Balaban J connectivity index is 1.77. The molecule has 184 valence electrons. The molecule has 3 rings (SSSR count). The molecular weight excluding hydrogens is 483 g/mol. The monoisotopic (exact) mass is 499 g/mol. The standard InChI is InChI=1S/C23H16F7N3O2/c1-13(32-33-19(34)18-11-5-7-14-6-2-3-10-17(14)18)15-8-4-9-16(12-15)31-20(35)21(24,25)22(26,27)23(28,29)30/h2-12H,1H3,(H,31,35)(H,33,34). The molecule has 0 atom stereocenters. The zero-order chi connectivity index (χ0) is 26.0. The molecule has 2 amide bonds. The second kappa shape index (κ2) is 9.35. The zero-order valence-corrected chi connectivity index (χ0v) is 17.8. The second-order valence-corrected chi connectivity index (χ2v) is 7.35. The molecule has 0 radical (unpaired) electrons. The first-order valence-electron chi connectivity index (χ1n) is 9.82. The van der Waals surface area contributed by atoms with E-state index in [1.165, 1.54) is 24.4 Å². The van der Waals surface area contributed by atoms with Gasteiger partial charge in [0.1, 0.15) is 0 Å². The van der Waals surface area contributed by atoms with Crippen LogP contribution in [-0.2, 0) is 4.79 Å². The fourth-order valence-electron chi connectivity index (χ4n) is 3.03. The Morgan fingerprint density at radius 3 is 2.14 bits per heavy atom. The van der Waals surface area contributed by atoms with Gasteiger partial charge in [-0.1, -0.05) is 48.5 Å². The number of alkyl halides is 7. The van der Waals surface area contributed by atoms with Crippen LogP contribution in [0.3, 0.4) is 0 Å². The van der Waals surface area contributed by atoms with E-state index in [-0.39, 0.29) is 11.3 Å². The Bertz CT molecular complexity index is 1300. The summed E-state index contributed by atoms with van der Waals surface area (Å²) in [5.41, 5.74) is 2.46. The van der Waals surface area contributed by atoms with Crippen LogP contribution < -0.4 is 10.7 Å². The number of carbonyl (C=O) groups excluding carboxylic acids is 2. The molecule has 0 aliphatic heterocycles. The molecule has 2 N–H and O–H groups in total. The van der Waals surface area contributed by atoms with Crippen molar-refractivity contribution in [1.29, 1.82) is 0 Å². The number of rotatable bonds is 6. The summed E-state index contributed by atoms with van der Waals surface area (Å²) in [6, 6.07) is 16.8. The number of halogens is 7. The first-order chi connectivity index (χ1) is 16.3. The summed E-state index contributed by atoms with van der Waals surface area (Å²) in [4.78, 5) is 24.1. The lowest BCUT2D eigenvalue weighted by Crippen LogP contribution is -2.57. The lowest BCUT2D eigenvalue weighted by Gasteiger charge is -2.27. The largest absolute Gasteiger partial charge is 0.460 e. The average molecular weight is 499 g/mol. The van der Waals surface area contributed by atoms with Crippen molar-refractivity contribution in [3.63, 3.8) is 0 Å². The Labute approximate surface area is 193 Å². The van der Waals surface area contributed by atoms with E-state index >= 15 is 0 Å². The molecule has 35 heavy (non-hydrogen) atoms. The molecule has 0 spiro atoms. The van der Waals surface area contributed by atoms with Gasteiger partial charge in [-0.25, -0.2) is 5.43 Å². The summed E-state index contributed by atoms with van der Waals surface area (Å²) in [7, 11) is 0. The quantitative estimate of drug-likeness (QED) is 0.257. The fourth-order valence-corrected chi connectivity index (χ4v) is 3.03. The van der Waals surface area contributed by atoms with Crippen molar-refractivity contribution in [2.75, 3.05) is 5.32 Å². The van der Waals surface area contributed by atoms with Crippen LogP contribution in [0.25, 0.3) is 10.8 Å². The number of amides is 2. The van der Waals surface area contributed by atoms with E-state index in [1.807, 2.05) is 12.1 Å². The first-order valence-corrected chi connectivity index (χ1v) is 9.82. The predicted molar refractivity (Wildman–Crippen MR) is 115 cm³/mol. The van der Waals surface area contributed by atoms with Gasteiger partial charge in [0.2, 0.25) is 0 Å². The maximum atomic E-state index is 13.6. The number of hydrogen-bond acceptors (Lipinski definition) is 3. The normalized spacial score (nSPS) is 13.0. The molecule has 0 aliphatic rings. The number of benzene rings is 3. The van der Waals surface area contributed by atoms with Crippen LogP contribution in [0, 0.1) is 0 Å². The Morgan fingerprint density at radius 1 is 0.829 bits per heavy atom. The van der Waals surface area contributed by atoms with Gasteiger partial charge < -0.3 is 5.32 Å². The van der Waals surface area contributed by atoms with Gasteiger partial charge in [0.25, 0.3) is 5.91 Å². The SMILES string of the molecule is CC(=NNC(=O)c1cccc2ccccc12)c1cccc(NC(=O)C(F)(F)C(F)(F)C(F)(F)F)c1. The van der Waals surface area contributed by atoms with Crippen LogP contribution in [0.15, 0.2) is 71.8 Å². The van der Waals surface area contributed by atoms with Gasteiger partial charge in [0.15, 0.2) is 0 Å². The molecule has 3 aromatic carbocycles. The number of anilines is 1. The van der Waals surface area contributed by atoms with E-state index in [0.717, 1.165) is 17.5 Å². The lowest BCUT2D eigenvalue weighted by atomic mass is 10.0. The van der Waals surface area contributed by atoms with E-state index in [9.17, 15) is 40.3 Å². The summed E-state index contributed by atoms with van der Waals surface area (Å²) >= 11 is 0. The first kappa shape index (κ1) is 25.7. The second-order valence-electron chi connectivity index (χ2n) is 7.35. The number of nitrogens with one attached hydrogen (secondary N) is 2. The van der Waals surface area contributed by atoms with Gasteiger partial charge in [-0.3, -0.25) is 9.59 Å². The van der Waals surface area contributed by atoms with Gasteiger partial charge in [0.05, 0.1) is 5.71 Å². The molecule has 0 fully saturated rings. The number of nitrogens with zero attached hydrogens (tertiary/aromatic N) is 1. The Morgan fingerprint density at radius 2 is 1.46 bits per heavy atom. The summed E-state index contributed by atoms with van der Waals surface area (Å²) < 4.78 is 90.2. The van der Waals surface area contributed by atoms with Crippen molar-refractivity contribution in [2.24, 2.45) is 5.10 Å². The third kappa shape index (κ3) is 5.10. The zero-order valence-electron chi connectivity index (χ0n) is 17.8. The minimum absolute atomic E-state index is 0.127. The van der Waals surface area contributed by atoms with Crippen LogP contribution in [-0.4, -0.2) is 35.5 Å². The smallest absolute Gasteiger partial charge is 0.321 e. The summed E-state index contributed by atoms with van der Waals surface area (Å²) in [5, 5.41) is 6.75. The predicted octanol–water partition coefficient (Wildman–Crippen LogP) is 5.77. The van der Waals surface area contributed by atoms with Gasteiger partial charge in [0, 0.05) is 11.3 Å². The molecule has 3 aromatic rings. The van der Waals surface area contributed by atoms with Crippen molar-refractivity contribution in [2.45, 2.75) is 24.9 Å². The molecule has 0 heterocycles. The maximum Gasteiger partial charge on any atom is 0.460 e. The molecule has 0 saturated carbocycles. The topological polar surface area (TPSA) is 70.6 Å². The van der Waals surface area contributed by atoms with E-state index in [0.29, 0.717) is 10.9 Å². The number of fused-ring (bicyclic) bond motifs is 1. The van der Waals surface area contributed by atoms with Crippen LogP contribution in [0.2, 0.25) is 0 Å². The molecule has 0 unspecified atom stereocenters. The maximum absolute atomic E-state index is 13.6. The van der Waals surface area contributed by atoms with Crippen LogP contribution >= 0.6 is 0 Å². The molecule has 5 nitrogen and oxygen atoms in total. The highest BCUT2D eigenvalue weighted by atomic mass is 19.4. The van der Waals surface area contributed by atoms with E-state index < -0.39 is 35.5 Å². The molecule has 12 heteroatoms. The molecule has 0 aromatic heterocycles. The highest BCUT2D eigenvalue weighted by Gasteiger charge is 2.76. The molecular formula is C23H16F7N3O2. The Kier molecular flexibility index (Phi) is 6.86. The minimum atomic E-state index is -6.64. The lowest BCUT2D eigenvalue weighted by molar-refractivity contribution is -0.343. The van der Waals surface area contributed by atoms with Crippen molar-refractivity contribution >= 4 is 34.0 Å². The number of hydrogen-bond donors (Lipinski definition) is 2. The summed E-state index contributed by atoms with van der Waals surface area (Å²) in [5.74, 6) is -16.0. The van der Waals surface area contributed by atoms with Crippen molar-refractivity contribution in [1.82, 2.24) is 5.43 Å². The third-order valence-electron chi connectivity index (χ3n) is 4.93. The van der Waals surface area contributed by atoms with Gasteiger partial charge >= 0.3 is 23.9 Å². The van der Waals surface area contributed by atoms with Crippen LogP contribution in [0.4, 0.5) is 36.4 Å². The summed E-state index contributed by atoms with van der Waals surface area (Å²) in [6.45, 7) is 1.41. The number of carbonyl (C=O) groups is 2. The van der Waals surface area contributed by atoms with Gasteiger partial charge in [-0.2, -0.15) is 35.8 Å². The molecule has 0 bridgehead atoms. The minimum Gasteiger partial charge on any atom is -0.321 e. The van der Waals surface area contributed by atoms with E-state index in [4.69, 9.17) is 0 Å². The summed E-state index contributed by atoms with van der Waals surface area (Å²) in [6.07, 6.45) is -6.64.